The molecule has 0 fully saturated rings. The van der Waals surface area contributed by atoms with Crippen molar-refractivity contribution in [3.63, 3.8) is 0 Å². The van der Waals surface area contributed by atoms with Gasteiger partial charge in [0.05, 0.1) is 0 Å². The van der Waals surface area contributed by atoms with Crippen LogP contribution in [0.25, 0.3) is 0 Å². The summed E-state index contributed by atoms with van der Waals surface area (Å²) in [7, 11) is -7.52. The third kappa shape index (κ3) is 4.84. The van der Waals surface area contributed by atoms with E-state index in [-0.39, 0.29) is 36.1 Å². The van der Waals surface area contributed by atoms with Gasteiger partial charge in [0.15, 0.2) is 0 Å². The molecule has 0 bridgehead atoms. The van der Waals surface area contributed by atoms with E-state index in [1.807, 2.05) is 0 Å². The van der Waals surface area contributed by atoms with E-state index >= 15 is 0 Å². The van der Waals surface area contributed by atoms with E-state index in [0.29, 0.717) is 0 Å². The summed E-state index contributed by atoms with van der Waals surface area (Å²) in [6.45, 7) is -0.0628. The smallest absolute Gasteiger partial charge is 0.367 e. The molecule has 0 spiro atoms. The Kier molecular flexibility index (Phi) is 7.83. The maximum absolute atomic E-state index is 10.8. The van der Waals surface area contributed by atoms with Gasteiger partial charge in [-0.2, -0.15) is 0 Å². The quantitative estimate of drug-likeness (QED) is 0.306. The SMILES string of the molecule is CN(C)CCC(O)(P(=O)(O)O)P(=O)(O)O.[Na]. The molecule has 0 atom stereocenters. The van der Waals surface area contributed by atoms with Gasteiger partial charge in [0.2, 0.25) is 0 Å². The van der Waals surface area contributed by atoms with Gasteiger partial charge in [-0.3, -0.25) is 9.13 Å². The monoisotopic (exact) mass is 286 g/mol. The zero-order valence-electron chi connectivity index (χ0n) is 9.31. The van der Waals surface area contributed by atoms with Crippen molar-refractivity contribution in [1.82, 2.24) is 4.90 Å². The number of rotatable bonds is 5. The summed E-state index contributed by atoms with van der Waals surface area (Å²) in [6, 6.07) is 0. The second-order valence-electron chi connectivity index (χ2n) is 3.42. The molecule has 0 amide bonds. The number of hydrogen-bond donors (Lipinski definition) is 5. The summed E-state index contributed by atoms with van der Waals surface area (Å²) in [5.74, 6) is 0. The van der Waals surface area contributed by atoms with E-state index in [1.165, 1.54) is 4.90 Å². The summed E-state index contributed by atoms with van der Waals surface area (Å²) < 4.78 is 21.7. The van der Waals surface area contributed by atoms with Gasteiger partial charge in [-0.25, -0.2) is 0 Å². The standard InChI is InChI=1S/C5H15NO7P2.Na/c1-6(2)4-3-5(7,14(8,9)10)15(11,12)13;/h7H,3-4H2,1-2H3,(H2,8,9,10)(H2,11,12,13);. The van der Waals surface area contributed by atoms with Crippen LogP contribution in [0.4, 0.5) is 0 Å². The Labute approximate surface area is 115 Å². The molecule has 0 aliphatic heterocycles. The van der Waals surface area contributed by atoms with Gasteiger partial charge >= 0.3 is 15.2 Å². The predicted octanol–water partition coefficient (Wildman–Crippen LogP) is -1.44. The second kappa shape index (κ2) is 6.41. The largest absolute Gasteiger partial charge is 0.369 e. The molecule has 0 saturated heterocycles. The van der Waals surface area contributed by atoms with E-state index in [0.717, 1.165) is 0 Å². The van der Waals surface area contributed by atoms with Crippen LogP contribution in [0.15, 0.2) is 0 Å². The van der Waals surface area contributed by atoms with Crippen molar-refractivity contribution < 1.29 is 33.8 Å². The van der Waals surface area contributed by atoms with Crippen LogP contribution in [0, 0.1) is 0 Å². The van der Waals surface area contributed by atoms with Crippen LogP contribution < -0.4 is 0 Å². The minimum Gasteiger partial charge on any atom is -0.367 e. The number of nitrogens with zero attached hydrogens (tertiary/aromatic N) is 1. The molecule has 93 valence electrons. The summed E-state index contributed by atoms with van der Waals surface area (Å²) in [4.78, 5) is 36.4. The molecular formula is C5H15NNaO7P2. The van der Waals surface area contributed by atoms with Crippen LogP contribution in [-0.2, 0) is 9.13 Å². The van der Waals surface area contributed by atoms with Crippen LogP contribution in [0.2, 0.25) is 0 Å². The average molecular weight is 286 g/mol. The molecule has 0 aromatic heterocycles. The molecule has 0 aromatic rings. The Bertz CT molecular complexity index is 288. The van der Waals surface area contributed by atoms with E-state index in [2.05, 4.69) is 0 Å². The predicted molar refractivity (Wildman–Crippen MR) is 58.0 cm³/mol. The molecule has 16 heavy (non-hydrogen) atoms. The minimum absolute atomic E-state index is 0. The third-order valence-electron chi connectivity index (χ3n) is 1.83. The molecule has 8 nitrogen and oxygen atoms in total. The van der Waals surface area contributed by atoms with Gasteiger partial charge in [0, 0.05) is 42.5 Å². The molecule has 5 N–H and O–H groups in total. The Morgan fingerprint density at radius 1 is 1.06 bits per heavy atom. The fourth-order valence-electron chi connectivity index (χ4n) is 0.835. The van der Waals surface area contributed by atoms with Crippen LogP contribution >= 0.6 is 15.2 Å². The fourth-order valence-corrected chi connectivity index (χ4v) is 2.97. The first-order valence-corrected chi connectivity index (χ1v) is 7.12. The summed E-state index contributed by atoms with van der Waals surface area (Å²) in [5.41, 5.74) is 0. The first kappa shape index (κ1) is 19.6. The normalized spacial score (nSPS) is 13.8. The van der Waals surface area contributed by atoms with Gasteiger partial charge in [0.25, 0.3) is 5.08 Å². The van der Waals surface area contributed by atoms with Crippen LogP contribution in [0.1, 0.15) is 6.42 Å². The maximum atomic E-state index is 10.8. The van der Waals surface area contributed by atoms with Gasteiger partial charge < -0.3 is 29.6 Å². The van der Waals surface area contributed by atoms with Crippen LogP contribution in [-0.4, -0.2) is 84.9 Å². The van der Waals surface area contributed by atoms with Crippen molar-refractivity contribution in [3.05, 3.63) is 0 Å². The zero-order valence-corrected chi connectivity index (χ0v) is 13.1. The van der Waals surface area contributed by atoms with E-state index in [1.54, 1.807) is 14.1 Å². The molecule has 0 aromatic carbocycles. The van der Waals surface area contributed by atoms with Gasteiger partial charge in [-0.15, -0.1) is 0 Å². The van der Waals surface area contributed by atoms with Crippen molar-refractivity contribution in [2.75, 3.05) is 20.6 Å². The number of aliphatic hydroxyl groups is 1. The van der Waals surface area contributed by atoms with Crippen LogP contribution in [0.5, 0.6) is 0 Å². The molecular weight excluding hydrogens is 271 g/mol. The van der Waals surface area contributed by atoms with Gasteiger partial charge in [-0.1, -0.05) is 0 Å². The molecule has 0 saturated carbocycles. The summed E-state index contributed by atoms with van der Waals surface area (Å²) in [6.07, 6.45) is -0.714. The molecule has 0 aliphatic rings. The molecule has 0 unspecified atom stereocenters. The van der Waals surface area contributed by atoms with Crippen molar-refractivity contribution in [3.8, 4) is 0 Å². The zero-order chi connectivity index (χ0) is 12.5. The first-order chi connectivity index (χ1) is 6.42. The molecule has 1 radical (unpaired) electrons. The first-order valence-electron chi connectivity index (χ1n) is 3.90. The van der Waals surface area contributed by atoms with Gasteiger partial charge in [0.1, 0.15) is 0 Å². The van der Waals surface area contributed by atoms with E-state index in [9.17, 15) is 14.2 Å². The van der Waals surface area contributed by atoms with Crippen molar-refractivity contribution in [2.24, 2.45) is 0 Å². The summed E-state index contributed by atoms with van der Waals surface area (Å²) in [5, 5.41) is 6.08. The Hall–Kier alpha value is 1.22. The Balaban J connectivity index is 0. The van der Waals surface area contributed by atoms with E-state index in [4.69, 9.17) is 19.6 Å². The molecule has 0 rings (SSSR count). The maximum Gasteiger partial charge on any atom is 0.369 e. The molecule has 0 aliphatic carbocycles. The Morgan fingerprint density at radius 3 is 1.56 bits per heavy atom. The fraction of sp³-hybridized carbons (Fsp3) is 1.00. The minimum atomic E-state index is -5.30. The topological polar surface area (TPSA) is 139 Å². The Morgan fingerprint density at radius 2 is 1.38 bits per heavy atom. The van der Waals surface area contributed by atoms with Crippen molar-refractivity contribution in [1.29, 1.82) is 0 Å². The average Bonchev–Trinajstić information content (AvgIpc) is 1.95. The second-order valence-corrected chi connectivity index (χ2v) is 7.42. The van der Waals surface area contributed by atoms with Crippen LogP contribution in [0.3, 0.4) is 0 Å². The van der Waals surface area contributed by atoms with Gasteiger partial charge in [-0.05, 0) is 14.1 Å². The van der Waals surface area contributed by atoms with Crippen molar-refractivity contribution >= 4 is 44.7 Å². The molecule has 0 heterocycles. The van der Waals surface area contributed by atoms with E-state index < -0.39 is 26.7 Å². The summed E-state index contributed by atoms with van der Waals surface area (Å²) >= 11 is 0. The molecule has 11 heteroatoms. The van der Waals surface area contributed by atoms with Crippen molar-refractivity contribution in [2.45, 2.75) is 11.5 Å². The number of hydrogen-bond acceptors (Lipinski definition) is 4. The third-order valence-corrected chi connectivity index (χ3v) is 5.70.